The van der Waals surface area contributed by atoms with Gasteiger partial charge in [-0.1, -0.05) is 12.8 Å². The van der Waals surface area contributed by atoms with Crippen molar-refractivity contribution in [3.05, 3.63) is 16.1 Å². The molecule has 3 N–H and O–H groups in total. The number of alkyl halides is 3. The van der Waals surface area contributed by atoms with Gasteiger partial charge in [0.25, 0.3) is 5.91 Å². The fourth-order valence-corrected chi connectivity index (χ4v) is 3.15. The normalized spacial score (nSPS) is 18.2. The smallest absolute Gasteiger partial charge is 0.346 e. The van der Waals surface area contributed by atoms with E-state index in [2.05, 4.69) is 10.3 Å². The standard InChI is InChI=1S/C12H16F3N3OS/c13-12(14,15)11-18-9(6-20-11)10(19)17-8(5-16)7-3-1-2-4-7/h6-8H,1-5,16H2,(H,17,19). The predicted molar refractivity (Wildman–Crippen MR) is 69.4 cm³/mol. The summed E-state index contributed by atoms with van der Waals surface area (Å²) in [5, 5.41) is 2.82. The Hall–Kier alpha value is -1.15. The Morgan fingerprint density at radius 1 is 1.50 bits per heavy atom. The molecule has 1 aliphatic carbocycles. The second-order valence-electron chi connectivity index (χ2n) is 4.90. The lowest BCUT2D eigenvalue weighted by Gasteiger charge is -2.22. The van der Waals surface area contributed by atoms with Gasteiger partial charge in [-0.15, -0.1) is 11.3 Å². The number of nitrogens with two attached hydrogens (primary N) is 1. The second kappa shape index (κ2) is 6.09. The van der Waals surface area contributed by atoms with Crippen molar-refractivity contribution in [2.24, 2.45) is 11.7 Å². The molecular formula is C12H16F3N3OS. The molecule has 8 heteroatoms. The molecular weight excluding hydrogens is 291 g/mol. The van der Waals surface area contributed by atoms with Crippen molar-refractivity contribution >= 4 is 17.2 Å². The van der Waals surface area contributed by atoms with Crippen LogP contribution in [0.2, 0.25) is 0 Å². The van der Waals surface area contributed by atoms with E-state index >= 15 is 0 Å². The van der Waals surface area contributed by atoms with E-state index in [0.29, 0.717) is 17.3 Å². The molecule has 0 aliphatic heterocycles. The van der Waals surface area contributed by atoms with Crippen LogP contribution in [-0.4, -0.2) is 23.5 Å². The summed E-state index contributed by atoms with van der Waals surface area (Å²) >= 11 is 0.424. The van der Waals surface area contributed by atoms with E-state index < -0.39 is 17.1 Å². The minimum atomic E-state index is -4.51. The lowest BCUT2D eigenvalue weighted by atomic mass is 9.98. The Balaban J connectivity index is 2.01. The first-order valence-corrected chi connectivity index (χ1v) is 7.33. The molecule has 1 amide bonds. The molecule has 4 nitrogen and oxygen atoms in total. The van der Waals surface area contributed by atoms with Crippen molar-refractivity contribution < 1.29 is 18.0 Å². The van der Waals surface area contributed by atoms with Gasteiger partial charge in [0.05, 0.1) is 0 Å². The minimum absolute atomic E-state index is 0.193. The molecule has 0 bridgehead atoms. The third kappa shape index (κ3) is 3.49. The van der Waals surface area contributed by atoms with E-state index in [9.17, 15) is 18.0 Å². The number of carbonyl (C=O) groups is 1. The zero-order chi connectivity index (χ0) is 14.8. The molecule has 112 valence electrons. The Kier molecular flexibility index (Phi) is 4.64. The molecule has 1 fully saturated rings. The molecule has 1 atom stereocenters. The monoisotopic (exact) mass is 307 g/mol. The van der Waals surface area contributed by atoms with Gasteiger partial charge in [0.15, 0.2) is 5.01 Å². The molecule has 0 spiro atoms. The first kappa shape index (κ1) is 15.2. The molecule has 0 saturated heterocycles. The van der Waals surface area contributed by atoms with Crippen molar-refractivity contribution in [3.63, 3.8) is 0 Å². The maximum absolute atomic E-state index is 12.4. The summed E-state index contributed by atoms with van der Waals surface area (Å²) in [4.78, 5) is 15.3. The molecule has 0 radical (unpaired) electrons. The molecule has 1 heterocycles. The first-order chi connectivity index (χ1) is 9.41. The Labute approximate surface area is 118 Å². The fraction of sp³-hybridized carbons (Fsp3) is 0.667. The van der Waals surface area contributed by atoms with Crippen LogP contribution in [0.15, 0.2) is 5.38 Å². The van der Waals surface area contributed by atoms with Gasteiger partial charge in [0.1, 0.15) is 5.69 Å². The van der Waals surface area contributed by atoms with Crippen LogP contribution in [-0.2, 0) is 6.18 Å². The number of aromatic nitrogens is 1. The number of nitrogens with zero attached hydrogens (tertiary/aromatic N) is 1. The number of hydrogen-bond donors (Lipinski definition) is 2. The number of nitrogens with one attached hydrogen (secondary N) is 1. The van der Waals surface area contributed by atoms with Crippen molar-refractivity contribution in [1.82, 2.24) is 10.3 Å². The summed E-state index contributed by atoms with van der Waals surface area (Å²) in [5.74, 6) is -0.274. The van der Waals surface area contributed by atoms with Crippen LogP contribution in [0.1, 0.15) is 41.2 Å². The number of hydrogen-bond acceptors (Lipinski definition) is 4. The van der Waals surface area contributed by atoms with E-state index in [1.165, 1.54) is 0 Å². The van der Waals surface area contributed by atoms with Crippen LogP contribution >= 0.6 is 11.3 Å². The van der Waals surface area contributed by atoms with Gasteiger partial charge >= 0.3 is 6.18 Å². The largest absolute Gasteiger partial charge is 0.443 e. The van der Waals surface area contributed by atoms with Gasteiger partial charge < -0.3 is 11.1 Å². The Bertz CT molecular complexity index is 469. The topological polar surface area (TPSA) is 68.0 Å². The number of carbonyl (C=O) groups excluding carboxylic acids is 1. The third-order valence-electron chi connectivity index (χ3n) is 3.52. The van der Waals surface area contributed by atoms with Crippen LogP contribution in [0.5, 0.6) is 0 Å². The van der Waals surface area contributed by atoms with Gasteiger partial charge in [-0.05, 0) is 18.8 Å². The van der Waals surface area contributed by atoms with Crippen LogP contribution in [0.25, 0.3) is 0 Å². The zero-order valence-corrected chi connectivity index (χ0v) is 11.6. The predicted octanol–water partition coefficient (Wildman–Crippen LogP) is 2.41. The number of halogens is 3. The molecule has 1 unspecified atom stereocenters. The highest BCUT2D eigenvalue weighted by atomic mass is 32.1. The van der Waals surface area contributed by atoms with Gasteiger partial charge in [0, 0.05) is 18.0 Å². The quantitative estimate of drug-likeness (QED) is 0.897. The Morgan fingerprint density at radius 2 is 2.15 bits per heavy atom. The number of rotatable bonds is 4. The van der Waals surface area contributed by atoms with Crippen molar-refractivity contribution in [3.8, 4) is 0 Å². The van der Waals surface area contributed by atoms with Crippen LogP contribution in [0, 0.1) is 5.92 Å². The average Bonchev–Trinajstić information content (AvgIpc) is 3.04. The average molecular weight is 307 g/mol. The van der Waals surface area contributed by atoms with Crippen LogP contribution in [0.3, 0.4) is 0 Å². The first-order valence-electron chi connectivity index (χ1n) is 6.45. The minimum Gasteiger partial charge on any atom is -0.346 e. The van der Waals surface area contributed by atoms with E-state index in [-0.39, 0.29) is 18.3 Å². The van der Waals surface area contributed by atoms with Crippen LogP contribution in [0.4, 0.5) is 13.2 Å². The number of thiazole rings is 1. The summed E-state index contributed by atoms with van der Waals surface area (Å²) in [6, 6.07) is -0.193. The van der Waals surface area contributed by atoms with E-state index in [4.69, 9.17) is 5.73 Å². The zero-order valence-electron chi connectivity index (χ0n) is 10.7. The molecule has 1 saturated carbocycles. The summed E-state index contributed by atoms with van der Waals surface area (Å²) in [7, 11) is 0. The second-order valence-corrected chi connectivity index (χ2v) is 5.75. The van der Waals surface area contributed by atoms with E-state index in [1.54, 1.807) is 0 Å². The Morgan fingerprint density at radius 3 is 2.65 bits per heavy atom. The molecule has 1 aliphatic rings. The lowest BCUT2D eigenvalue weighted by molar-refractivity contribution is -0.137. The van der Waals surface area contributed by atoms with E-state index in [1.807, 2.05) is 0 Å². The number of amides is 1. The van der Waals surface area contributed by atoms with Crippen molar-refractivity contribution in [2.45, 2.75) is 37.9 Å². The summed E-state index contributed by atoms with van der Waals surface area (Å²) in [6.07, 6.45) is -0.320. The molecule has 0 aromatic carbocycles. The highest BCUT2D eigenvalue weighted by molar-refractivity contribution is 7.09. The summed E-state index contributed by atoms with van der Waals surface area (Å²) in [5.41, 5.74) is 5.45. The summed E-state index contributed by atoms with van der Waals surface area (Å²) in [6.45, 7) is 0.284. The fourth-order valence-electron chi connectivity index (χ4n) is 2.48. The molecule has 1 aromatic heterocycles. The highest BCUT2D eigenvalue weighted by Gasteiger charge is 2.35. The maximum Gasteiger partial charge on any atom is 0.443 e. The van der Waals surface area contributed by atoms with Crippen molar-refractivity contribution in [2.75, 3.05) is 6.54 Å². The van der Waals surface area contributed by atoms with Gasteiger partial charge in [-0.25, -0.2) is 4.98 Å². The van der Waals surface area contributed by atoms with Gasteiger partial charge in [-0.3, -0.25) is 4.79 Å². The lowest BCUT2D eigenvalue weighted by Crippen LogP contribution is -2.44. The van der Waals surface area contributed by atoms with E-state index in [0.717, 1.165) is 31.1 Å². The van der Waals surface area contributed by atoms with Crippen molar-refractivity contribution in [1.29, 1.82) is 0 Å². The van der Waals surface area contributed by atoms with Crippen LogP contribution < -0.4 is 11.1 Å². The maximum atomic E-state index is 12.4. The van der Waals surface area contributed by atoms with Gasteiger partial charge in [0.2, 0.25) is 0 Å². The van der Waals surface area contributed by atoms with Gasteiger partial charge in [-0.2, -0.15) is 13.2 Å². The third-order valence-corrected chi connectivity index (χ3v) is 4.41. The summed E-state index contributed by atoms with van der Waals surface area (Å²) < 4.78 is 37.3. The highest BCUT2D eigenvalue weighted by Crippen LogP contribution is 2.32. The molecule has 2 rings (SSSR count). The SMILES string of the molecule is NCC(NC(=O)c1csc(C(F)(F)F)n1)C1CCCC1. The molecule has 1 aromatic rings. The molecule has 20 heavy (non-hydrogen) atoms.